The number of nitrogens with one attached hydrogen (secondary N) is 2. The van der Waals surface area contributed by atoms with Gasteiger partial charge in [-0.2, -0.15) is 5.10 Å². The second kappa shape index (κ2) is 7.46. The molecule has 0 radical (unpaired) electrons. The molecule has 2 aliphatic rings. The lowest BCUT2D eigenvalue weighted by Gasteiger charge is -2.50. The van der Waals surface area contributed by atoms with Gasteiger partial charge in [-0.1, -0.05) is 20.3 Å². The number of aryl methyl sites for hydroxylation is 1. The van der Waals surface area contributed by atoms with Gasteiger partial charge in [0.1, 0.15) is 5.69 Å². The number of likely N-dealkylation sites (tertiary alicyclic amines) is 1. The van der Waals surface area contributed by atoms with Crippen LogP contribution in [0.2, 0.25) is 0 Å². The number of aromatic nitrogens is 4. The Morgan fingerprint density at radius 1 is 1.26 bits per heavy atom. The highest BCUT2D eigenvalue weighted by Gasteiger charge is 2.47. The van der Waals surface area contributed by atoms with Gasteiger partial charge < -0.3 is 9.88 Å². The number of carbonyl (C=O) groups excluding carboxylic acids is 1. The maximum absolute atomic E-state index is 12.9. The molecule has 0 aliphatic carbocycles. The highest BCUT2D eigenvalue weighted by atomic mass is 16.2. The van der Waals surface area contributed by atoms with E-state index in [0.29, 0.717) is 5.69 Å². The van der Waals surface area contributed by atoms with Gasteiger partial charge in [0.25, 0.3) is 5.91 Å². The van der Waals surface area contributed by atoms with Crippen molar-refractivity contribution in [2.24, 2.45) is 0 Å². The minimum atomic E-state index is -0.0281. The number of hydrogen-bond acceptors (Lipinski definition) is 4. The standard InChI is InChI=1S/C20H30N6O/c1-3-5-9-26-10-6-16-18(22-14-21-16)20(26)7-11-25(12-8-20)19(27)17-13-15(4-2)23-24-17/h13-14H,3-12H2,1-2H3,(H,21,22)(H,23,24). The van der Waals surface area contributed by atoms with Crippen molar-refractivity contribution >= 4 is 5.91 Å². The average molecular weight is 371 g/mol. The normalized spacial score (nSPS) is 19.4. The zero-order valence-electron chi connectivity index (χ0n) is 16.4. The predicted octanol–water partition coefficient (Wildman–Crippen LogP) is 2.48. The van der Waals surface area contributed by atoms with E-state index < -0.39 is 0 Å². The van der Waals surface area contributed by atoms with Gasteiger partial charge in [0.15, 0.2) is 0 Å². The molecule has 1 amide bonds. The Labute approximate surface area is 160 Å². The first-order chi connectivity index (χ1) is 13.2. The third-order valence-electron chi connectivity index (χ3n) is 6.29. The molecule has 27 heavy (non-hydrogen) atoms. The van der Waals surface area contributed by atoms with Crippen molar-refractivity contribution in [1.82, 2.24) is 30.0 Å². The molecule has 4 rings (SSSR count). The Morgan fingerprint density at radius 2 is 2.07 bits per heavy atom. The molecular weight excluding hydrogens is 340 g/mol. The second-order valence-electron chi connectivity index (χ2n) is 7.78. The van der Waals surface area contributed by atoms with Crippen LogP contribution in [0.1, 0.15) is 67.1 Å². The highest BCUT2D eigenvalue weighted by molar-refractivity contribution is 5.92. The second-order valence-corrected chi connectivity index (χ2v) is 7.78. The molecule has 0 aromatic carbocycles. The molecule has 2 aromatic rings. The lowest BCUT2D eigenvalue weighted by molar-refractivity contribution is 0.00613. The maximum atomic E-state index is 12.9. The zero-order chi connectivity index (χ0) is 18.9. The summed E-state index contributed by atoms with van der Waals surface area (Å²) in [5.41, 5.74) is 4.01. The number of rotatable bonds is 5. The van der Waals surface area contributed by atoms with Gasteiger partial charge in [0, 0.05) is 37.4 Å². The van der Waals surface area contributed by atoms with Gasteiger partial charge >= 0.3 is 0 Å². The Hall–Kier alpha value is -2.15. The number of nitrogens with zero attached hydrogens (tertiary/aromatic N) is 4. The molecule has 0 bridgehead atoms. The first kappa shape index (κ1) is 18.2. The summed E-state index contributed by atoms with van der Waals surface area (Å²) in [5.74, 6) is 0.0407. The van der Waals surface area contributed by atoms with Crippen molar-refractivity contribution in [2.45, 2.75) is 57.9 Å². The van der Waals surface area contributed by atoms with Crippen LogP contribution < -0.4 is 0 Å². The third kappa shape index (κ3) is 3.18. The van der Waals surface area contributed by atoms with Crippen molar-refractivity contribution in [3.63, 3.8) is 0 Å². The molecule has 2 aromatic heterocycles. The van der Waals surface area contributed by atoms with E-state index in [0.717, 1.165) is 57.6 Å². The van der Waals surface area contributed by atoms with Crippen molar-refractivity contribution < 1.29 is 4.79 Å². The average Bonchev–Trinajstić information content (AvgIpc) is 3.37. The van der Waals surface area contributed by atoms with Crippen LogP contribution in [0.3, 0.4) is 0 Å². The van der Waals surface area contributed by atoms with Crippen LogP contribution in [0.4, 0.5) is 0 Å². The number of carbonyl (C=O) groups is 1. The summed E-state index contributed by atoms with van der Waals surface area (Å²) >= 11 is 0. The summed E-state index contributed by atoms with van der Waals surface area (Å²) < 4.78 is 0. The van der Waals surface area contributed by atoms with Crippen molar-refractivity contribution in [3.05, 3.63) is 35.2 Å². The SMILES string of the molecule is CCCCN1CCc2[nH]cnc2C12CCN(C(=O)c1cc(CC)[nH]n1)CC2. The first-order valence-corrected chi connectivity index (χ1v) is 10.3. The highest BCUT2D eigenvalue weighted by Crippen LogP contribution is 2.42. The fourth-order valence-electron chi connectivity index (χ4n) is 4.65. The van der Waals surface area contributed by atoms with Crippen LogP contribution in [0.15, 0.2) is 12.4 Å². The molecule has 1 saturated heterocycles. The smallest absolute Gasteiger partial charge is 0.274 e. The zero-order valence-corrected chi connectivity index (χ0v) is 16.4. The molecule has 0 atom stereocenters. The van der Waals surface area contributed by atoms with Crippen LogP contribution in [-0.2, 0) is 18.4 Å². The molecule has 0 saturated carbocycles. The van der Waals surface area contributed by atoms with Gasteiger partial charge in [-0.15, -0.1) is 0 Å². The molecule has 1 spiro atoms. The van der Waals surface area contributed by atoms with Crippen LogP contribution in [0, 0.1) is 0 Å². The van der Waals surface area contributed by atoms with E-state index in [1.165, 1.54) is 24.2 Å². The van der Waals surface area contributed by atoms with Gasteiger partial charge in [-0.3, -0.25) is 14.8 Å². The summed E-state index contributed by atoms with van der Waals surface area (Å²) in [4.78, 5) is 25.5. The summed E-state index contributed by atoms with van der Waals surface area (Å²) in [6.07, 6.45) is 8.01. The van der Waals surface area contributed by atoms with E-state index >= 15 is 0 Å². The maximum Gasteiger partial charge on any atom is 0.274 e. The van der Waals surface area contributed by atoms with E-state index in [4.69, 9.17) is 4.98 Å². The molecule has 1 fully saturated rings. The minimum Gasteiger partial charge on any atom is -0.348 e. The Bertz CT molecular complexity index is 786. The van der Waals surface area contributed by atoms with Gasteiger partial charge in [0.05, 0.1) is 17.6 Å². The molecule has 2 aliphatic heterocycles. The molecular formula is C20H30N6O. The quantitative estimate of drug-likeness (QED) is 0.847. The molecule has 146 valence electrons. The molecule has 7 heteroatoms. The third-order valence-corrected chi connectivity index (χ3v) is 6.29. The van der Waals surface area contributed by atoms with Gasteiger partial charge in [-0.25, -0.2) is 4.98 Å². The van der Waals surface area contributed by atoms with E-state index in [1.54, 1.807) is 0 Å². The molecule has 0 unspecified atom stereocenters. The number of piperidine rings is 1. The molecule has 2 N–H and O–H groups in total. The number of amides is 1. The number of imidazole rings is 1. The Morgan fingerprint density at radius 3 is 2.78 bits per heavy atom. The van der Waals surface area contributed by atoms with Crippen LogP contribution in [0.25, 0.3) is 0 Å². The number of fused-ring (bicyclic) bond motifs is 2. The van der Waals surface area contributed by atoms with Crippen LogP contribution in [-0.4, -0.2) is 62.1 Å². The van der Waals surface area contributed by atoms with Crippen molar-refractivity contribution in [1.29, 1.82) is 0 Å². The molecule has 7 nitrogen and oxygen atoms in total. The van der Waals surface area contributed by atoms with Crippen molar-refractivity contribution in [2.75, 3.05) is 26.2 Å². The van der Waals surface area contributed by atoms with Gasteiger partial charge in [-0.05, 0) is 38.3 Å². The van der Waals surface area contributed by atoms with Crippen LogP contribution in [0.5, 0.6) is 0 Å². The van der Waals surface area contributed by atoms with E-state index in [1.807, 2.05) is 17.3 Å². The topological polar surface area (TPSA) is 80.9 Å². The number of hydrogen-bond donors (Lipinski definition) is 2. The lowest BCUT2D eigenvalue weighted by atomic mass is 9.78. The summed E-state index contributed by atoms with van der Waals surface area (Å²) in [7, 11) is 0. The Kier molecular flexibility index (Phi) is 5.04. The Balaban J connectivity index is 1.52. The minimum absolute atomic E-state index is 0.0281. The van der Waals surface area contributed by atoms with Crippen LogP contribution >= 0.6 is 0 Å². The van der Waals surface area contributed by atoms with E-state index in [-0.39, 0.29) is 11.4 Å². The fourth-order valence-corrected chi connectivity index (χ4v) is 4.65. The largest absolute Gasteiger partial charge is 0.348 e. The molecule has 4 heterocycles. The number of unbranched alkanes of at least 4 members (excludes halogenated alkanes) is 1. The summed E-state index contributed by atoms with van der Waals surface area (Å²) in [5, 5.41) is 7.16. The first-order valence-electron chi connectivity index (χ1n) is 10.3. The number of H-pyrrole nitrogens is 2. The van der Waals surface area contributed by atoms with Crippen molar-refractivity contribution in [3.8, 4) is 0 Å². The summed E-state index contributed by atoms with van der Waals surface area (Å²) in [6.45, 7) is 7.98. The fraction of sp³-hybridized carbons (Fsp3) is 0.650. The summed E-state index contributed by atoms with van der Waals surface area (Å²) in [6, 6.07) is 1.88. The number of aromatic amines is 2. The predicted molar refractivity (Wildman–Crippen MR) is 104 cm³/mol. The van der Waals surface area contributed by atoms with Gasteiger partial charge in [0.2, 0.25) is 0 Å². The van der Waals surface area contributed by atoms with E-state index in [9.17, 15) is 4.79 Å². The monoisotopic (exact) mass is 370 g/mol. The lowest BCUT2D eigenvalue weighted by Crippen LogP contribution is -2.57. The van der Waals surface area contributed by atoms with E-state index in [2.05, 4.69) is 33.9 Å².